The molecule has 2 aromatic heterocycles. The van der Waals surface area contributed by atoms with E-state index in [2.05, 4.69) is 47.0 Å². The van der Waals surface area contributed by atoms with Gasteiger partial charge in [0, 0.05) is 75.0 Å². The molecule has 2 amide bonds. The first-order valence-electron chi connectivity index (χ1n) is 27.6. The van der Waals surface area contributed by atoms with E-state index in [0.717, 1.165) is 92.3 Å². The lowest BCUT2D eigenvalue weighted by Crippen LogP contribution is -2.42. The standard InChI is InChI=1S/C30H45FN2O4.C29H33N5O4.C2H6/c1-8-21(5)12-13-30(9-2)14-15-33(19-30)27-16-23(18-34)24(17-25(27)31)29(37)32(7)26(22(6)35)10-11-28(36)20(3)4;1-19-24(17-31-27-26(19)34(12-14-37-27)28(36)38-29(2,3)4)33-11-9-21-16-30-25(15-22(21)18-33)32-23-7-5-20(6-8-23)10-13-35;1-2/h16-18,20-21,26H,8-15,19H2,1-7H3;5-8,13,15-17H,9-12,14,18H2,1-4H3,(H,30,32);1-2H3. The van der Waals surface area contributed by atoms with Crippen LogP contribution >= 0.6 is 0 Å². The van der Waals surface area contributed by atoms with Crippen molar-refractivity contribution in [1.29, 1.82) is 0 Å². The number of amides is 2. The third-order valence-electron chi connectivity index (χ3n) is 15.1. The molecule has 3 unspecified atom stereocenters. The lowest BCUT2D eigenvalue weighted by molar-refractivity contribution is -0.123. The largest absolute Gasteiger partial charge is 0.474 e. The maximum Gasteiger partial charge on any atom is 0.415 e. The smallest absolute Gasteiger partial charge is 0.415 e. The molecule has 15 nitrogen and oxygen atoms in total. The molecule has 1 fully saturated rings. The molecule has 0 radical (unpaired) electrons. The van der Waals surface area contributed by atoms with E-state index in [-0.39, 0.29) is 46.9 Å². The van der Waals surface area contributed by atoms with Crippen LogP contribution < -0.4 is 24.8 Å². The Morgan fingerprint density at radius 3 is 2.27 bits per heavy atom. The summed E-state index contributed by atoms with van der Waals surface area (Å²) < 4.78 is 26.9. The van der Waals surface area contributed by atoms with Gasteiger partial charge in [-0.1, -0.05) is 73.4 Å². The Kier molecular flexibility index (Phi) is 21.9. The molecule has 77 heavy (non-hydrogen) atoms. The van der Waals surface area contributed by atoms with E-state index in [1.165, 1.54) is 36.1 Å². The number of nitrogens with zero attached hydrogens (tertiary/aromatic N) is 6. The van der Waals surface area contributed by atoms with Crippen LogP contribution in [0.5, 0.6) is 5.88 Å². The van der Waals surface area contributed by atoms with E-state index in [0.29, 0.717) is 62.1 Å². The second-order valence-corrected chi connectivity index (χ2v) is 21.9. The normalized spacial score (nSPS) is 16.5. The minimum absolute atomic E-state index is 0.00833. The predicted octanol–water partition coefficient (Wildman–Crippen LogP) is 12.1. The fourth-order valence-corrected chi connectivity index (χ4v) is 10.1. The number of benzene rings is 2. The molecule has 0 saturated carbocycles. The number of ether oxygens (including phenoxy) is 2. The van der Waals surface area contributed by atoms with Crippen molar-refractivity contribution >= 4 is 64.7 Å². The number of halogens is 1. The highest BCUT2D eigenvalue weighted by molar-refractivity contribution is 6.04. The number of likely N-dealkylation sites (N-methyl/N-ethyl adjacent to an activating group) is 1. The number of aromatic nitrogens is 2. The van der Waals surface area contributed by atoms with Gasteiger partial charge < -0.3 is 34.3 Å². The summed E-state index contributed by atoms with van der Waals surface area (Å²) in [7, 11) is 1.46. The van der Waals surface area contributed by atoms with Gasteiger partial charge in [0.15, 0.2) is 12.1 Å². The number of nitrogens with one attached hydrogen (secondary N) is 1. The van der Waals surface area contributed by atoms with Crippen LogP contribution in [0.15, 0.2) is 54.9 Å². The summed E-state index contributed by atoms with van der Waals surface area (Å²) in [6, 6.07) is 11.6. The first-order chi connectivity index (χ1) is 36.6. The summed E-state index contributed by atoms with van der Waals surface area (Å²) in [5.74, 6) is 0.295. The summed E-state index contributed by atoms with van der Waals surface area (Å²) in [5, 5.41) is 3.36. The Labute approximate surface area is 456 Å². The van der Waals surface area contributed by atoms with Crippen molar-refractivity contribution in [2.45, 2.75) is 159 Å². The van der Waals surface area contributed by atoms with Gasteiger partial charge in [-0.2, -0.15) is 0 Å². The number of hydrogen-bond acceptors (Lipinski definition) is 13. The van der Waals surface area contributed by atoms with Gasteiger partial charge in [-0.25, -0.2) is 19.2 Å². The van der Waals surface area contributed by atoms with Crippen molar-refractivity contribution < 1.29 is 42.6 Å². The first-order valence-corrected chi connectivity index (χ1v) is 27.6. The van der Waals surface area contributed by atoms with E-state index in [1.807, 2.05) is 83.1 Å². The third-order valence-corrected chi connectivity index (χ3v) is 15.1. The van der Waals surface area contributed by atoms with Gasteiger partial charge in [0.1, 0.15) is 41.6 Å². The third kappa shape index (κ3) is 15.7. The lowest BCUT2D eigenvalue weighted by atomic mass is 9.78. The van der Waals surface area contributed by atoms with Crippen molar-refractivity contribution in [3.63, 3.8) is 0 Å². The SMILES string of the molecule is CC.CCC(C)CCC1(CC)CCN(c2cc(C=O)c(C(=O)N(C)C(CCC(=O)C(C)C)C(C)=O)cc2F)C1.Cc1c(N2CCc3cnc(Nc4ccc(CC=O)cc4)cc3C2)cnc2c1N(C(=O)OC(C)(C)C)CCO2. The molecule has 16 heteroatoms. The molecule has 0 spiro atoms. The van der Waals surface area contributed by atoms with Crippen LogP contribution in [0.2, 0.25) is 0 Å². The highest BCUT2D eigenvalue weighted by Crippen LogP contribution is 2.43. The second-order valence-electron chi connectivity index (χ2n) is 21.9. The van der Waals surface area contributed by atoms with Crippen LogP contribution in [0, 0.1) is 30.0 Å². The summed E-state index contributed by atoms with van der Waals surface area (Å²) >= 11 is 0. The maximum atomic E-state index is 15.4. The Hall–Kier alpha value is -6.71. The van der Waals surface area contributed by atoms with Crippen molar-refractivity contribution in [3.05, 3.63) is 94.1 Å². The van der Waals surface area contributed by atoms with Crippen molar-refractivity contribution in [2.75, 3.05) is 59.9 Å². The number of hydrogen-bond donors (Lipinski definition) is 1. The van der Waals surface area contributed by atoms with Crippen LogP contribution in [0.4, 0.5) is 37.8 Å². The molecule has 5 heterocycles. The van der Waals surface area contributed by atoms with Gasteiger partial charge in [0.2, 0.25) is 5.88 Å². The molecule has 0 aliphatic carbocycles. The Morgan fingerprint density at radius 1 is 0.935 bits per heavy atom. The van der Waals surface area contributed by atoms with E-state index >= 15 is 4.39 Å². The summed E-state index contributed by atoms with van der Waals surface area (Å²) in [5.41, 5.74) is 6.75. The molecule has 4 aromatic rings. The number of aldehydes is 2. The molecule has 0 bridgehead atoms. The Balaban J connectivity index is 0.000000275. The fourth-order valence-electron chi connectivity index (χ4n) is 10.1. The van der Waals surface area contributed by atoms with Gasteiger partial charge in [0.25, 0.3) is 5.91 Å². The molecular formula is C61H84FN7O8. The number of carbonyl (C=O) groups is 6. The first kappa shape index (κ1) is 61.1. The quantitative estimate of drug-likeness (QED) is 0.0880. The van der Waals surface area contributed by atoms with Crippen LogP contribution in [0.25, 0.3) is 0 Å². The van der Waals surface area contributed by atoms with Crippen LogP contribution in [-0.4, -0.2) is 102 Å². The second kappa shape index (κ2) is 27.6. The Morgan fingerprint density at radius 2 is 1.65 bits per heavy atom. The lowest BCUT2D eigenvalue weighted by Gasteiger charge is -2.35. The van der Waals surface area contributed by atoms with E-state index in [1.54, 1.807) is 18.7 Å². The topological polar surface area (TPSA) is 172 Å². The summed E-state index contributed by atoms with van der Waals surface area (Å²) in [4.78, 5) is 89.8. The average Bonchev–Trinajstić information content (AvgIpc) is 3.86. The van der Waals surface area contributed by atoms with Crippen LogP contribution in [0.1, 0.15) is 164 Å². The van der Waals surface area contributed by atoms with Gasteiger partial charge in [-0.05, 0) is 125 Å². The minimum atomic E-state index is -0.827. The maximum absolute atomic E-state index is 15.4. The van der Waals surface area contributed by atoms with E-state index < -0.39 is 29.5 Å². The molecule has 7 rings (SSSR count). The van der Waals surface area contributed by atoms with E-state index in [4.69, 9.17) is 9.47 Å². The number of anilines is 5. The predicted molar refractivity (Wildman–Crippen MR) is 304 cm³/mol. The van der Waals surface area contributed by atoms with Gasteiger partial charge in [-0.3, -0.25) is 24.1 Å². The van der Waals surface area contributed by atoms with Crippen molar-refractivity contribution in [1.82, 2.24) is 14.9 Å². The number of carbonyl (C=O) groups excluding carboxylic acids is 6. The number of rotatable bonds is 19. The van der Waals surface area contributed by atoms with Gasteiger partial charge >= 0.3 is 6.09 Å². The van der Waals surface area contributed by atoms with Crippen molar-refractivity contribution in [3.8, 4) is 5.88 Å². The van der Waals surface area contributed by atoms with Gasteiger partial charge in [-0.15, -0.1) is 0 Å². The highest BCUT2D eigenvalue weighted by atomic mass is 19.1. The zero-order chi connectivity index (χ0) is 56.8. The molecule has 418 valence electrons. The molecule has 3 aliphatic rings. The number of Topliss-reactive ketones (excluding diaryl/α,β-unsaturated/α-hetero) is 2. The van der Waals surface area contributed by atoms with Crippen LogP contribution in [0.3, 0.4) is 0 Å². The summed E-state index contributed by atoms with van der Waals surface area (Å²) in [6.45, 7) is 26.9. The highest BCUT2D eigenvalue weighted by Gasteiger charge is 2.38. The molecule has 3 atom stereocenters. The molecule has 3 aliphatic heterocycles. The van der Waals surface area contributed by atoms with Crippen molar-refractivity contribution in [2.24, 2.45) is 17.3 Å². The monoisotopic (exact) mass is 1060 g/mol. The fraction of sp³-hybridized carbons (Fsp3) is 0.541. The molecule has 1 N–H and O–H groups in total. The van der Waals surface area contributed by atoms with E-state index in [9.17, 15) is 28.8 Å². The average molecular weight is 1060 g/mol. The molecule has 2 aromatic carbocycles. The Bertz CT molecular complexity index is 2710. The number of pyridine rings is 2. The number of fused-ring (bicyclic) bond motifs is 2. The molecular weight excluding hydrogens is 978 g/mol. The molecule has 1 saturated heterocycles. The van der Waals surface area contributed by atoms with Gasteiger partial charge in [0.05, 0.1) is 35.7 Å². The zero-order valence-corrected chi connectivity index (χ0v) is 48.0. The van der Waals surface area contributed by atoms with Crippen LogP contribution in [-0.2, 0) is 38.5 Å². The zero-order valence-electron chi connectivity index (χ0n) is 48.0. The number of ketones is 2. The minimum Gasteiger partial charge on any atom is -0.474 e. The summed E-state index contributed by atoms with van der Waals surface area (Å²) in [6.07, 6.45) is 11.8.